The summed E-state index contributed by atoms with van der Waals surface area (Å²) in [5.74, 6) is -1.11. The molecule has 0 aliphatic carbocycles. The van der Waals surface area contributed by atoms with Crippen molar-refractivity contribution >= 4 is 34.3 Å². The number of fused-ring (bicyclic) bond motifs is 1. The van der Waals surface area contributed by atoms with Crippen LogP contribution in [-0.2, 0) is 4.74 Å². The third-order valence-electron chi connectivity index (χ3n) is 6.60. The summed E-state index contributed by atoms with van der Waals surface area (Å²) in [7, 11) is 0. The average Bonchev–Trinajstić information content (AvgIpc) is 3.67. The number of aryl methyl sites for hydroxylation is 1. The van der Waals surface area contributed by atoms with Gasteiger partial charge in [0.2, 0.25) is 11.7 Å². The molecule has 0 spiro atoms. The zero-order chi connectivity index (χ0) is 29.5. The van der Waals surface area contributed by atoms with Gasteiger partial charge in [-0.2, -0.15) is 13.9 Å². The Hall–Kier alpha value is -5.53. The molecule has 0 saturated carbocycles. The molecule has 1 amide bonds. The van der Waals surface area contributed by atoms with E-state index in [1.54, 1.807) is 25.1 Å². The minimum atomic E-state index is -3.14. The van der Waals surface area contributed by atoms with E-state index in [4.69, 9.17) is 15.2 Å². The highest BCUT2D eigenvalue weighted by Crippen LogP contribution is 2.36. The SMILES string of the molecule is Cc1cc(Oc2ccccc2F)ncc1-n1ncc(C(=O)c2cc3cc(OC(F)F)c(N4CCOC4=O)cc3[nH]2)c1N. The van der Waals surface area contributed by atoms with Gasteiger partial charge in [0, 0.05) is 17.0 Å². The number of hydrogen-bond acceptors (Lipinski definition) is 8. The number of cyclic esters (lactones) is 1. The Labute approximate surface area is 235 Å². The maximum Gasteiger partial charge on any atom is 0.414 e. The van der Waals surface area contributed by atoms with E-state index in [0.717, 1.165) is 0 Å². The normalized spacial score (nSPS) is 13.2. The fourth-order valence-corrected chi connectivity index (χ4v) is 4.59. The number of amides is 1. The number of carbonyl (C=O) groups excluding carboxylic acids is 2. The molecule has 214 valence electrons. The summed E-state index contributed by atoms with van der Waals surface area (Å²) in [6.07, 6.45) is 2.03. The van der Waals surface area contributed by atoms with Crippen molar-refractivity contribution in [3.8, 4) is 23.1 Å². The number of ether oxygens (including phenoxy) is 3. The van der Waals surface area contributed by atoms with E-state index in [0.29, 0.717) is 22.2 Å². The highest BCUT2D eigenvalue weighted by atomic mass is 19.3. The molecule has 0 bridgehead atoms. The zero-order valence-electron chi connectivity index (χ0n) is 21.8. The molecule has 0 radical (unpaired) electrons. The van der Waals surface area contributed by atoms with Crippen LogP contribution in [0.5, 0.6) is 17.4 Å². The number of ketones is 1. The highest BCUT2D eigenvalue weighted by molar-refractivity contribution is 6.13. The summed E-state index contributed by atoms with van der Waals surface area (Å²) >= 11 is 0. The molecular formula is C28H21F3N6O5. The van der Waals surface area contributed by atoms with Crippen LogP contribution in [0.3, 0.4) is 0 Å². The monoisotopic (exact) mass is 578 g/mol. The first-order chi connectivity index (χ1) is 20.2. The van der Waals surface area contributed by atoms with E-state index in [9.17, 15) is 22.8 Å². The Balaban J connectivity index is 1.30. The summed E-state index contributed by atoms with van der Waals surface area (Å²) in [5, 5.41) is 4.64. The van der Waals surface area contributed by atoms with Crippen LogP contribution in [-0.4, -0.2) is 51.4 Å². The molecule has 4 heterocycles. The van der Waals surface area contributed by atoms with Gasteiger partial charge in [0.25, 0.3) is 0 Å². The van der Waals surface area contributed by atoms with Crippen molar-refractivity contribution < 1.29 is 37.0 Å². The number of benzene rings is 2. The molecule has 3 N–H and O–H groups in total. The third kappa shape index (κ3) is 4.82. The van der Waals surface area contributed by atoms with Gasteiger partial charge < -0.3 is 24.9 Å². The van der Waals surface area contributed by atoms with E-state index in [2.05, 4.69) is 19.8 Å². The molecule has 42 heavy (non-hydrogen) atoms. The summed E-state index contributed by atoms with van der Waals surface area (Å²) in [4.78, 5) is 33.9. The minimum Gasteiger partial charge on any atom is -0.447 e. The number of rotatable bonds is 8. The Bertz CT molecular complexity index is 1850. The van der Waals surface area contributed by atoms with E-state index < -0.39 is 24.3 Å². The molecule has 3 aromatic heterocycles. The molecule has 1 fully saturated rings. The number of pyridine rings is 1. The molecule has 14 heteroatoms. The first-order valence-electron chi connectivity index (χ1n) is 12.5. The van der Waals surface area contributed by atoms with Crippen LogP contribution in [0.25, 0.3) is 16.6 Å². The molecule has 1 aliphatic rings. The van der Waals surface area contributed by atoms with Crippen molar-refractivity contribution in [3.05, 3.63) is 83.6 Å². The number of para-hydroxylation sites is 1. The smallest absolute Gasteiger partial charge is 0.414 e. The molecule has 0 unspecified atom stereocenters. The van der Waals surface area contributed by atoms with Crippen LogP contribution in [0.15, 0.2) is 60.9 Å². The topological polar surface area (TPSA) is 138 Å². The van der Waals surface area contributed by atoms with Gasteiger partial charge in [-0.05, 0) is 42.8 Å². The van der Waals surface area contributed by atoms with Crippen molar-refractivity contribution in [2.75, 3.05) is 23.8 Å². The number of nitrogens with two attached hydrogens (primary N) is 1. The Morgan fingerprint density at radius 3 is 2.64 bits per heavy atom. The molecular weight excluding hydrogens is 557 g/mol. The largest absolute Gasteiger partial charge is 0.447 e. The molecule has 2 aromatic carbocycles. The van der Waals surface area contributed by atoms with E-state index in [1.807, 2.05) is 0 Å². The Morgan fingerprint density at radius 1 is 1.12 bits per heavy atom. The lowest BCUT2D eigenvalue weighted by atomic mass is 10.1. The van der Waals surface area contributed by atoms with Gasteiger partial charge in [0.05, 0.1) is 41.6 Å². The van der Waals surface area contributed by atoms with Crippen molar-refractivity contribution in [2.24, 2.45) is 0 Å². The summed E-state index contributed by atoms with van der Waals surface area (Å²) in [6, 6.07) is 11.7. The lowest BCUT2D eigenvalue weighted by Gasteiger charge is -2.17. The third-order valence-corrected chi connectivity index (χ3v) is 6.60. The van der Waals surface area contributed by atoms with Gasteiger partial charge in [0.1, 0.15) is 12.4 Å². The van der Waals surface area contributed by atoms with Crippen molar-refractivity contribution in [3.63, 3.8) is 0 Å². The van der Waals surface area contributed by atoms with Crippen LogP contribution >= 0.6 is 0 Å². The number of alkyl halides is 2. The van der Waals surface area contributed by atoms with Crippen LogP contribution in [0.4, 0.5) is 29.5 Å². The van der Waals surface area contributed by atoms with Crippen LogP contribution in [0.1, 0.15) is 21.6 Å². The summed E-state index contributed by atoms with van der Waals surface area (Å²) < 4.78 is 56.6. The van der Waals surface area contributed by atoms with Gasteiger partial charge in [0.15, 0.2) is 17.3 Å². The van der Waals surface area contributed by atoms with Crippen LogP contribution < -0.4 is 20.1 Å². The zero-order valence-corrected chi connectivity index (χ0v) is 21.8. The van der Waals surface area contributed by atoms with E-state index >= 15 is 0 Å². The standard InChI is InChI=1S/C28H21F3N6O5/c1-14-8-24(41-22-5-3-2-4-17(22)29)33-13-21(14)37-26(32)16(12-34-37)25(38)19-9-15-10-23(42-27(30)31)20(11-18(15)35-19)36-6-7-40-28(36)39/h2-5,8-13,27,35H,6-7,32H2,1H3. The summed E-state index contributed by atoms with van der Waals surface area (Å²) in [5.41, 5.74) is 8.05. The maximum absolute atomic E-state index is 14.0. The molecule has 1 saturated heterocycles. The molecule has 11 nitrogen and oxygen atoms in total. The second kappa shape index (κ2) is 10.5. The van der Waals surface area contributed by atoms with Crippen molar-refractivity contribution in [1.29, 1.82) is 0 Å². The van der Waals surface area contributed by atoms with Crippen LogP contribution in [0.2, 0.25) is 0 Å². The maximum atomic E-state index is 14.0. The Morgan fingerprint density at radius 2 is 1.93 bits per heavy atom. The lowest BCUT2D eigenvalue weighted by molar-refractivity contribution is -0.0494. The lowest BCUT2D eigenvalue weighted by Crippen LogP contribution is -2.24. The first kappa shape index (κ1) is 26.7. The van der Waals surface area contributed by atoms with Gasteiger partial charge in [-0.3, -0.25) is 9.69 Å². The summed E-state index contributed by atoms with van der Waals surface area (Å²) in [6.45, 7) is -1.14. The van der Waals surface area contributed by atoms with Gasteiger partial charge in [-0.15, -0.1) is 0 Å². The number of anilines is 2. The number of nitrogens with zero attached hydrogens (tertiary/aromatic N) is 4. The average molecular weight is 579 g/mol. The quantitative estimate of drug-likeness (QED) is 0.235. The number of carbonyl (C=O) groups is 2. The Kier molecular flexibility index (Phi) is 6.65. The molecule has 6 rings (SSSR count). The predicted molar refractivity (Wildman–Crippen MR) is 144 cm³/mol. The fraction of sp³-hybridized carbons (Fsp3) is 0.143. The van der Waals surface area contributed by atoms with E-state index in [1.165, 1.54) is 52.3 Å². The number of halogens is 3. The van der Waals surface area contributed by atoms with Crippen LogP contribution in [0, 0.1) is 12.7 Å². The minimum absolute atomic E-state index is 0.0161. The predicted octanol–water partition coefficient (Wildman–Crippen LogP) is 5.36. The molecule has 5 aromatic rings. The number of H-pyrrole nitrogens is 1. The van der Waals surface area contributed by atoms with Gasteiger partial charge in [-0.1, -0.05) is 12.1 Å². The molecule has 1 aliphatic heterocycles. The van der Waals surface area contributed by atoms with Crippen molar-refractivity contribution in [2.45, 2.75) is 13.5 Å². The fourth-order valence-electron chi connectivity index (χ4n) is 4.59. The second-order valence-corrected chi connectivity index (χ2v) is 9.26. The van der Waals surface area contributed by atoms with E-state index in [-0.39, 0.29) is 53.3 Å². The van der Waals surface area contributed by atoms with Crippen molar-refractivity contribution in [1.82, 2.24) is 19.7 Å². The van der Waals surface area contributed by atoms with Gasteiger partial charge >= 0.3 is 12.7 Å². The number of aromatic nitrogens is 4. The number of nitrogens with one attached hydrogen (secondary N) is 1. The van der Waals surface area contributed by atoms with Gasteiger partial charge in [-0.25, -0.2) is 18.9 Å². The second-order valence-electron chi connectivity index (χ2n) is 9.26. The highest BCUT2D eigenvalue weighted by Gasteiger charge is 2.29. The number of nitrogen functional groups attached to an aromatic ring is 1. The molecule has 0 atom stereocenters. The first-order valence-corrected chi connectivity index (χ1v) is 12.5. The number of aromatic amines is 1. The number of hydrogen-bond donors (Lipinski definition) is 2.